The minimum Gasteiger partial charge on any atom is -0.478 e. The van der Waals surface area contributed by atoms with Gasteiger partial charge >= 0.3 is 5.97 Å². The number of benzene rings is 1. The van der Waals surface area contributed by atoms with E-state index >= 15 is 0 Å². The van der Waals surface area contributed by atoms with Crippen LogP contribution in [-0.2, 0) is 9.59 Å². The summed E-state index contributed by atoms with van der Waals surface area (Å²) < 4.78 is 13.3. The first kappa shape index (κ1) is 14.2. The lowest BCUT2D eigenvalue weighted by Crippen LogP contribution is -2.17. The van der Waals surface area contributed by atoms with E-state index in [9.17, 15) is 14.0 Å². The molecule has 1 rings (SSSR count). The molecule has 0 aromatic heterocycles. The fourth-order valence-electron chi connectivity index (χ4n) is 1.14. The Bertz CT molecular complexity index is 540. The first-order chi connectivity index (χ1) is 8.32. The summed E-state index contributed by atoms with van der Waals surface area (Å²) in [4.78, 5) is 22.4. The molecule has 0 fully saturated rings. The minimum atomic E-state index is -1.20. The molecular weight excluding hydrogens is 261 g/mol. The number of hydrogen-bond acceptors (Lipinski definition) is 2. The van der Waals surface area contributed by atoms with Crippen molar-refractivity contribution in [3.63, 3.8) is 0 Å². The van der Waals surface area contributed by atoms with Crippen LogP contribution in [0.15, 0.2) is 29.3 Å². The van der Waals surface area contributed by atoms with Crippen molar-refractivity contribution in [2.24, 2.45) is 0 Å². The van der Waals surface area contributed by atoms with Gasteiger partial charge in [-0.2, -0.15) is 0 Å². The van der Waals surface area contributed by atoms with Crippen LogP contribution in [0, 0.1) is 5.82 Å². The van der Waals surface area contributed by atoms with Crippen LogP contribution >= 0.6 is 11.6 Å². The minimum absolute atomic E-state index is 0.00174. The van der Waals surface area contributed by atoms with Gasteiger partial charge in [0.05, 0.1) is 5.69 Å². The molecule has 18 heavy (non-hydrogen) atoms. The summed E-state index contributed by atoms with van der Waals surface area (Å²) in [6, 6.07) is 3.71. The molecule has 0 aliphatic carbocycles. The molecule has 0 radical (unpaired) electrons. The van der Waals surface area contributed by atoms with Crippen molar-refractivity contribution in [3.8, 4) is 0 Å². The van der Waals surface area contributed by atoms with E-state index in [2.05, 4.69) is 5.32 Å². The van der Waals surface area contributed by atoms with Gasteiger partial charge in [-0.15, -0.1) is 0 Å². The van der Waals surface area contributed by atoms with Gasteiger partial charge in [-0.25, -0.2) is 9.18 Å². The fraction of sp³-hybridized carbons (Fsp3) is 0.167. The van der Waals surface area contributed by atoms with Crippen molar-refractivity contribution in [3.05, 3.63) is 40.2 Å². The van der Waals surface area contributed by atoms with Crippen LogP contribution in [0.2, 0.25) is 5.02 Å². The largest absolute Gasteiger partial charge is 0.478 e. The van der Waals surface area contributed by atoms with Crippen LogP contribution in [0.1, 0.15) is 13.8 Å². The molecule has 0 unspecified atom stereocenters. The van der Waals surface area contributed by atoms with E-state index in [4.69, 9.17) is 16.7 Å². The van der Waals surface area contributed by atoms with Gasteiger partial charge in [-0.05, 0) is 32.0 Å². The number of carbonyl (C=O) groups is 2. The smallest absolute Gasteiger partial charge is 0.331 e. The zero-order valence-electron chi connectivity index (χ0n) is 9.75. The van der Waals surface area contributed by atoms with Crippen LogP contribution in [0.5, 0.6) is 0 Å². The lowest BCUT2D eigenvalue weighted by atomic mass is 10.1. The summed E-state index contributed by atoms with van der Waals surface area (Å²) in [5.41, 5.74) is -0.193. The molecule has 0 saturated carbocycles. The molecule has 1 aromatic carbocycles. The number of amides is 1. The summed E-state index contributed by atoms with van der Waals surface area (Å²) in [5.74, 6) is -2.53. The van der Waals surface area contributed by atoms with Crippen molar-refractivity contribution in [2.45, 2.75) is 13.8 Å². The number of anilines is 1. The summed E-state index contributed by atoms with van der Waals surface area (Å²) in [6.07, 6.45) is 0. The van der Waals surface area contributed by atoms with E-state index in [1.54, 1.807) is 0 Å². The Morgan fingerprint density at radius 2 is 1.89 bits per heavy atom. The Morgan fingerprint density at radius 3 is 2.44 bits per heavy atom. The van der Waals surface area contributed by atoms with E-state index in [1.807, 2.05) is 0 Å². The van der Waals surface area contributed by atoms with E-state index in [-0.39, 0.29) is 21.9 Å². The number of nitrogens with one attached hydrogen (secondary N) is 1. The molecule has 1 aromatic rings. The third-order valence-electron chi connectivity index (χ3n) is 2.40. The van der Waals surface area contributed by atoms with Gasteiger partial charge < -0.3 is 10.4 Å². The molecule has 0 aliphatic heterocycles. The Hall–Kier alpha value is -1.88. The first-order valence-electron chi connectivity index (χ1n) is 5.00. The lowest BCUT2D eigenvalue weighted by molar-refractivity contribution is -0.133. The molecule has 0 bridgehead atoms. The summed E-state index contributed by atoms with van der Waals surface area (Å²) in [6.45, 7) is 2.65. The summed E-state index contributed by atoms with van der Waals surface area (Å²) in [5, 5.41) is 11.3. The predicted molar refractivity (Wildman–Crippen MR) is 66.0 cm³/mol. The normalized spacial score (nSPS) is 11.8. The lowest BCUT2D eigenvalue weighted by Gasteiger charge is -2.08. The molecule has 2 N–H and O–H groups in total. The molecule has 0 atom stereocenters. The van der Waals surface area contributed by atoms with Gasteiger partial charge in [-0.3, -0.25) is 4.79 Å². The first-order valence-corrected chi connectivity index (χ1v) is 5.38. The standard InChI is InChI=1S/C12H11ClFNO3/c1-6(7(2)12(17)18)11(16)15-10-5-8(13)3-4-9(10)14/h3-5H,1-2H3,(H,15,16)(H,17,18). The summed E-state index contributed by atoms with van der Waals surface area (Å²) in [7, 11) is 0. The molecule has 4 nitrogen and oxygen atoms in total. The van der Waals surface area contributed by atoms with Crippen LogP contribution in [0.3, 0.4) is 0 Å². The van der Waals surface area contributed by atoms with Gasteiger partial charge in [-0.1, -0.05) is 11.6 Å². The number of carboxylic acid groups (broad SMARTS) is 1. The van der Waals surface area contributed by atoms with Crippen molar-refractivity contribution >= 4 is 29.2 Å². The topological polar surface area (TPSA) is 66.4 Å². The Labute approximate surface area is 108 Å². The summed E-state index contributed by atoms with van der Waals surface area (Å²) >= 11 is 5.67. The van der Waals surface area contributed by atoms with Crippen molar-refractivity contribution in [2.75, 3.05) is 5.32 Å². The highest BCUT2D eigenvalue weighted by molar-refractivity contribution is 6.31. The van der Waals surface area contributed by atoms with Gasteiger partial charge in [0.25, 0.3) is 5.91 Å². The van der Waals surface area contributed by atoms with Crippen molar-refractivity contribution < 1.29 is 19.1 Å². The van der Waals surface area contributed by atoms with Crippen LogP contribution < -0.4 is 5.32 Å². The highest BCUT2D eigenvalue weighted by atomic mass is 35.5. The molecule has 0 saturated heterocycles. The molecular formula is C12H11ClFNO3. The number of carboxylic acids is 1. The maximum Gasteiger partial charge on any atom is 0.331 e. The van der Waals surface area contributed by atoms with E-state index in [0.717, 1.165) is 6.07 Å². The maximum absolute atomic E-state index is 13.3. The second-order valence-corrected chi connectivity index (χ2v) is 4.07. The molecule has 0 spiro atoms. The molecule has 6 heteroatoms. The Morgan fingerprint density at radius 1 is 1.28 bits per heavy atom. The second kappa shape index (κ2) is 5.64. The van der Waals surface area contributed by atoms with Gasteiger partial charge in [0, 0.05) is 16.2 Å². The highest BCUT2D eigenvalue weighted by Gasteiger charge is 2.14. The Kier molecular flexibility index (Phi) is 4.44. The third kappa shape index (κ3) is 3.30. The predicted octanol–water partition coefficient (Wildman–Crippen LogP) is 2.84. The van der Waals surface area contributed by atoms with Crippen LogP contribution in [0.4, 0.5) is 10.1 Å². The molecule has 96 valence electrons. The van der Waals surface area contributed by atoms with Crippen molar-refractivity contribution in [1.82, 2.24) is 0 Å². The Balaban J connectivity index is 2.98. The number of rotatable bonds is 3. The highest BCUT2D eigenvalue weighted by Crippen LogP contribution is 2.20. The zero-order valence-corrected chi connectivity index (χ0v) is 10.5. The molecule has 0 heterocycles. The van der Waals surface area contributed by atoms with Crippen molar-refractivity contribution in [1.29, 1.82) is 0 Å². The SMILES string of the molecule is CC(C(=O)O)=C(C)C(=O)Nc1cc(Cl)ccc1F. The van der Waals surface area contributed by atoms with E-state index in [1.165, 1.54) is 26.0 Å². The average Bonchev–Trinajstić information content (AvgIpc) is 2.31. The van der Waals surface area contributed by atoms with E-state index in [0.29, 0.717) is 0 Å². The maximum atomic E-state index is 13.3. The second-order valence-electron chi connectivity index (χ2n) is 3.63. The van der Waals surface area contributed by atoms with Gasteiger partial charge in [0.1, 0.15) is 5.82 Å². The van der Waals surface area contributed by atoms with Gasteiger partial charge in [0.15, 0.2) is 0 Å². The van der Waals surface area contributed by atoms with Crippen LogP contribution in [0.25, 0.3) is 0 Å². The van der Waals surface area contributed by atoms with E-state index < -0.39 is 17.7 Å². The van der Waals surface area contributed by atoms with Gasteiger partial charge in [0.2, 0.25) is 0 Å². The number of carbonyl (C=O) groups excluding carboxylic acids is 1. The average molecular weight is 272 g/mol. The quantitative estimate of drug-likeness (QED) is 0.831. The third-order valence-corrected chi connectivity index (χ3v) is 2.64. The van der Waals surface area contributed by atoms with Crippen LogP contribution in [-0.4, -0.2) is 17.0 Å². The zero-order chi connectivity index (χ0) is 13.9. The molecule has 0 aliphatic rings. The number of aliphatic carboxylic acids is 1. The fourth-order valence-corrected chi connectivity index (χ4v) is 1.31. The number of hydrogen-bond donors (Lipinski definition) is 2. The molecule has 1 amide bonds. The number of halogens is 2. The monoisotopic (exact) mass is 271 g/mol.